The zero-order valence-corrected chi connectivity index (χ0v) is 24.7. The highest BCUT2D eigenvalue weighted by Gasteiger charge is 2.30. The Labute approximate surface area is 242 Å². The number of benzene rings is 3. The Morgan fingerprint density at radius 1 is 0.946 bits per heavy atom. The molecule has 1 N–H and O–H groups in total. The minimum Gasteiger partial charge on any atom is -0.354 e. The van der Waals surface area contributed by atoms with Crippen molar-refractivity contribution >= 4 is 62.7 Å². The van der Waals surface area contributed by atoms with Gasteiger partial charge in [-0.1, -0.05) is 101 Å². The van der Waals surface area contributed by atoms with Crippen LogP contribution in [-0.4, -0.2) is 35.1 Å². The summed E-state index contributed by atoms with van der Waals surface area (Å²) in [5.41, 5.74) is 2.76. The van der Waals surface area contributed by atoms with E-state index in [4.69, 9.17) is 23.2 Å². The minimum atomic E-state index is -0.639. The number of unbranched alkanes of at least 4 members (excludes halogenated alkanes) is 1. The van der Waals surface area contributed by atoms with Crippen LogP contribution in [0.1, 0.15) is 36.5 Å². The van der Waals surface area contributed by atoms with Crippen LogP contribution in [0.5, 0.6) is 0 Å². The lowest BCUT2D eigenvalue weighted by Gasteiger charge is -2.31. The van der Waals surface area contributed by atoms with Crippen LogP contribution in [0.4, 0.5) is 0 Å². The first-order valence-electron chi connectivity index (χ1n) is 12.2. The Morgan fingerprint density at radius 2 is 1.62 bits per heavy atom. The van der Waals surface area contributed by atoms with E-state index >= 15 is 0 Å². The Kier molecular flexibility index (Phi) is 12.3. The maximum atomic E-state index is 13.7. The van der Waals surface area contributed by atoms with Crippen molar-refractivity contribution in [3.8, 4) is 0 Å². The summed E-state index contributed by atoms with van der Waals surface area (Å²) in [6.07, 6.45) is 2.30. The second-order valence-corrected chi connectivity index (χ2v) is 11.4. The smallest absolute Gasteiger partial charge is 0.243 e. The molecule has 0 spiro atoms. The number of thioether (sulfide) groups is 1. The number of nitrogens with zero attached hydrogens (tertiary/aromatic N) is 1. The third-order valence-electron chi connectivity index (χ3n) is 5.90. The van der Waals surface area contributed by atoms with E-state index in [9.17, 15) is 9.59 Å². The standard InChI is InChI=1S/C29H31BrCl2N2O2S/c1-2-3-16-33-29(36)27(17-21-8-5-4-6-9-21)34(18-22-12-14-23(30)15-13-22)28(35)20-37-19-24-25(31)10-7-11-26(24)32/h4-15,27H,2-3,16-20H2,1H3,(H,33,36)/t27-/m0/s1. The van der Waals surface area contributed by atoms with E-state index < -0.39 is 6.04 Å². The van der Waals surface area contributed by atoms with Gasteiger partial charge in [0.05, 0.1) is 5.75 Å². The Balaban J connectivity index is 1.84. The number of halogens is 3. The molecular formula is C29H31BrCl2N2O2S. The summed E-state index contributed by atoms with van der Waals surface area (Å²) in [4.78, 5) is 28.8. The summed E-state index contributed by atoms with van der Waals surface area (Å²) in [7, 11) is 0. The van der Waals surface area contributed by atoms with Gasteiger partial charge >= 0.3 is 0 Å². The summed E-state index contributed by atoms with van der Waals surface area (Å²) >= 11 is 17.6. The fourth-order valence-corrected chi connectivity index (χ4v) is 5.75. The lowest BCUT2D eigenvalue weighted by Crippen LogP contribution is -2.51. The monoisotopic (exact) mass is 620 g/mol. The first kappa shape index (κ1) is 29.6. The zero-order valence-electron chi connectivity index (χ0n) is 20.8. The van der Waals surface area contributed by atoms with Crippen LogP contribution < -0.4 is 5.32 Å². The molecule has 0 bridgehead atoms. The molecule has 0 aliphatic heterocycles. The van der Waals surface area contributed by atoms with Gasteiger partial charge < -0.3 is 10.2 Å². The minimum absolute atomic E-state index is 0.109. The van der Waals surface area contributed by atoms with Gasteiger partial charge in [-0.15, -0.1) is 11.8 Å². The van der Waals surface area contributed by atoms with Crippen LogP contribution in [0, 0.1) is 0 Å². The fourth-order valence-electron chi connectivity index (χ4n) is 3.84. The van der Waals surface area contributed by atoms with Crippen molar-refractivity contribution in [2.45, 2.75) is 44.5 Å². The van der Waals surface area contributed by atoms with Crippen molar-refractivity contribution in [3.63, 3.8) is 0 Å². The Morgan fingerprint density at radius 3 is 2.27 bits per heavy atom. The summed E-state index contributed by atoms with van der Waals surface area (Å²) in [6.45, 7) is 3.00. The predicted octanol–water partition coefficient (Wildman–Crippen LogP) is 7.55. The van der Waals surface area contributed by atoms with Crippen LogP contribution >= 0.6 is 50.9 Å². The molecular weight excluding hydrogens is 591 g/mol. The van der Waals surface area contributed by atoms with Crippen LogP contribution in [-0.2, 0) is 28.3 Å². The van der Waals surface area contributed by atoms with Gasteiger partial charge in [-0.2, -0.15) is 0 Å². The first-order valence-corrected chi connectivity index (χ1v) is 15.0. The Bertz CT molecular complexity index is 1140. The molecule has 0 aliphatic carbocycles. The third kappa shape index (κ3) is 9.36. The fraction of sp³-hybridized carbons (Fsp3) is 0.310. The molecule has 0 fully saturated rings. The van der Waals surface area contributed by atoms with Crippen molar-refractivity contribution in [1.82, 2.24) is 10.2 Å². The van der Waals surface area contributed by atoms with Gasteiger partial charge in [0.25, 0.3) is 0 Å². The van der Waals surface area contributed by atoms with E-state index in [0.717, 1.165) is 34.0 Å². The normalized spacial score (nSPS) is 11.7. The molecule has 4 nitrogen and oxygen atoms in total. The molecule has 0 saturated carbocycles. The predicted molar refractivity (Wildman–Crippen MR) is 159 cm³/mol. The highest BCUT2D eigenvalue weighted by atomic mass is 79.9. The summed E-state index contributed by atoms with van der Waals surface area (Å²) < 4.78 is 0.958. The van der Waals surface area contributed by atoms with Crippen molar-refractivity contribution in [1.29, 1.82) is 0 Å². The van der Waals surface area contributed by atoms with E-state index in [0.29, 0.717) is 35.3 Å². The number of rotatable bonds is 13. The molecule has 2 amide bonds. The third-order valence-corrected chi connectivity index (χ3v) is 8.08. The molecule has 3 aromatic rings. The number of hydrogen-bond acceptors (Lipinski definition) is 3. The summed E-state index contributed by atoms with van der Waals surface area (Å²) in [5, 5.41) is 4.21. The van der Waals surface area contributed by atoms with Gasteiger partial charge in [0.15, 0.2) is 0 Å². The second kappa shape index (κ2) is 15.4. The van der Waals surface area contributed by atoms with Gasteiger partial charge in [0.2, 0.25) is 11.8 Å². The average molecular weight is 622 g/mol. The van der Waals surface area contributed by atoms with E-state index in [1.54, 1.807) is 23.1 Å². The van der Waals surface area contributed by atoms with Gasteiger partial charge in [0.1, 0.15) is 6.04 Å². The second-order valence-electron chi connectivity index (χ2n) is 8.69. The van der Waals surface area contributed by atoms with Gasteiger partial charge in [-0.05, 0) is 47.4 Å². The van der Waals surface area contributed by atoms with E-state index in [-0.39, 0.29) is 17.6 Å². The lowest BCUT2D eigenvalue weighted by molar-refractivity contribution is -0.139. The molecule has 0 unspecified atom stereocenters. The molecule has 0 aliphatic rings. The summed E-state index contributed by atoms with van der Waals surface area (Å²) in [6, 6.07) is 22.4. The lowest BCUT2D eigenvalue weighted by atomic mass is 10.0. The molecule has 8 heteroatoms. The molecule has 0 heterocycles. The SMILES string of the molecule is CCCCNC(=O)[C@H](Cc1ccccc1)N(Cc1ccc(Br)cc1)C(=O)CSCc1c(Cl)cccc1Cl. The average Bonchev–Trinajstić information content (AvgIpc) is 2.89. The van der Waals surface area contributed by atoms with E-state index in [1.165, 1.54) is 11.8 Å². The van der Waals surface area contributed by atoms with Crippen LogP contribution in [0.2, 0.25) is 10.0 Å². The molecule has 1 atom stereocenters. The van der Waals surface area contributed by atoms with Gasteiger partial charge in [-0.25, -0.2) is 0 Å². The zero-order chi connectivity index (χ0) is 26.6. The van der Waals surface area contributed by atoms with Crippen LogP contribution in [0.3, 0.4) is 0 Å². The number of nitrogens with one attached hydrogen (secondary N) is 1. The molecule has 0 aromatic heterocycles. The van der Waals surface area contributed by atoms with Gasteiger partial charge in [0, 0.05) is 39.8 Å². The molecule has 3 aromatic carbocycles. The molecule has 0 saturated heterocycles. The van der Waals surface area contributed by atoms with Crippen molar-refractivity contribution in [3.05, 3.63) is 104 Å². The molecule has 0 radical (unpaired) electrons. The van der Waals surface area contributed by atoms with Crippen molar-refractivity contribution in [2.24, 2.45) is 0 Å². The van der Waals surface area contributed by atoms with Crippen LogP contribution in [0.25, 0.3) is 0 Å². The number of carbonyl (C=O) groups excluding carboxylic acids is 2. The molecule has 3 rings (SSSR count). The number of hydrogen-bond donors (Lipinski definition) is 1. The number of amides is 2. The topological polar surface area (TPSA) is 49.4 Å². The number of carbonyl (C=O) groups is 2. The van der Waals surface area contributed by atoms with E-state index in [1.807, 2.05) is 54.6 Å². The van der Waals surface area contributed by atoms with Crippen molar-refractivity contribution < 1.29 is 9.59 Å². The van der Waals surface area contributed by atoms with E-state index in [2.05, 4.69) is 28.2 Å². The quantitative estimate of drug-likeness (QED) is 0.201. The van der Waals surface area contributed by atoms with Crippen molar-refractivity contribution in [2.75, 3.05) is 12.3 Å². The first-order chi connectivity index (χ1) is 17.9. The van der Waals surface area contributed by atoms with Gasteiger partial charge in [-0.3, -0.25) is 9.59 Å². The summed E-state index contributed by atoms with van der Waals surface area (Å²) in [5.74, 6) is 0.457. The molecule has 196 valence electrons. The highest BCUT2D eigenvalue weighted by Crippen LogP contribution is 2.28. The maximum absolute atomic E-state index is 13.7. The highest BCUT2D eigenvalue weighted by molar-refractivity contribution is 9.10. The largest absolute Gasteiger partial charge is 0.354 e. The Hall–Kier alpha value is -1.99. The maximum Gasteiger partial charge on any atom is 0.243 e. The van der Waals surface area contributed by atoms with Crippen LogP contribution in [0.15, 0.2) is 77.3 Å². The molecule has 37 heavy (non-hydrogen) atoms.